The Bertz CT molecular complexity index is 682. The van der Waals surface area contributed by atoms with E-state index in [0.717, 1.165) is 10.8 Å². The van der Waals surface area contributed by atoms with Crippen LogP contribution in [-0.2, 0) is 0 Å². The van der Waals surface area contributed by atoms with E-state index < -0.39 is 0 Å². The highest BCUT2D eigenvalue weighted by Gasteiger charge is 2.28. The van der Waals surface area contributed by atoms with Crippen molar-refractivity contribution < 1.29 is 0 Å². The van der Waals surface area contributed by atoms with Crippen LogP contribution < -0.4 is 5.32 Å². The fraction of sp³-hybridized carbons (Fsp3) is 0.476. The maximum Gasteiger partial charge on any atom is 0.174 e. The van der Waals surface area contributed by atoms with E-state index in [1.807, 2.05) is 11.3 Å². The van der Waals surface area contributed by atoms with Crippen LogP contribution in [-0.4, -0.2) is 16.1 Å². The average Bonchev–Trinajstić information content (AvgIpc) is 3.09. The van der Waals surface area contributed by atoms with Crippen LogP contribution in [0.5, 0.6) is 0 Å². The van der Waals surface area contributed by atoms with Crippen LogP contribution in [0.3, 0.4) is 0 Å². The van der Waals surface area contributed by atoms with Crippen molar-refractivity contribution in [3.8, 4) is 0 Å². The van der Waals surface area contributed by atoms with Gasteiger partial charge in [0, 0.05) is 16.6 Å². The molecule has 1 fully saturated rings. The first-order chi connectivity index (χ1) is 12.0. The Hall–Kier alpha value is -1.39. The summed E-state index contributed by atoms with van der Waals surface area (Å²) >= 11 is 7.72. The van der Waals surface area contributed by atoms with Crippen LogP contribution in [0.1, 0.15) is 61.1 Å². The van der Waals surface area contributed by atoms with Gasteiger partial charge in [-0.05, 0) is 80.5 Å². The summed E-state index contributed by atoms with van der Waals surface area (Å²) in [6, 6.07) is 11.8. The first-order valence-corrected chi connectivity index (χ1v) is 10.5. The van der Waals surface area contributed by atoms with E-state index in [0.29, 0.717) is 12.1 Å². The molecule has 1 N–H and O–H groups in total. The zero-order valence-electron chi connectivity index (χ0n) is 15.4. The molecule has 0 bridgehead atoms. The third-order valence-electron chi connectivity index (χ3n) is 5.05. The Morgan fingerprint density at radius 1 is 1.16 bits per heavy atom. The van der Waals surface area contributed by atoms with Gasteiger partial charge in [-0.25, -0.2) is 0 Å². The molecule has 0 amide bonds. The van der Waals surface area contributed by atoms with Crippen molar-refractivity contribution in [2.75, 3.05) is 5.32 Å². The lowest BCUT2D eigenvalue weighted by molar-refractivity contribution is 0.205. The van der Waals surface area contributed by atoms with Gasteiger partial charge in [0.15, 0.2) is 5.11 Å². The zero-order chi connectivity index (χ0) is 17.8. The predicted molar refractivity (Wildman–Crippen MR) is 114 cm³/mol. The van der Waals surface area contributed by atoms with Gasteiger partial charge in [-0.3, -0.25) is 0 Å². The van der Waals surface area contributed by atoms with Gasteiger partial charge in [0.1, 0.15) is 0 Å². The Balaban J connectivity index is 1.83. The minimum atomic E-state index is 0.314. The topological polar surface area (TPSA) is 15.3 Å². The maximum atomic E-state index is 5.89. The van der Waals surface area contributed by atoms with Gasteiger partial charge in [-0.15, -0.1) is 11.3 Å². The fourth-order valence-corrected chi connectivity index (χ4v) is 5.13. The Labute approximate surface area is 161 Å². The fourth-order valence-electron chi connectivity index (χ4n) is 3.92. The third kappa shape index (κ3) is 4.62. The van der Waals surface area contributed by atoms with Crippen LogP contribution in [0.15, 0.2) is 35.7 Å². The smallest absolute Gasteiger partial charge is 0.174 e. The van der Waals surface area contributed by atoms with Gasteiger partial charge in [0.25, 0.3) is 0 Å². The van der Waals surface area contributed by atoms with E-state index in [-0.39, 0.29) is 0 Å². The van der Waals surface area contributed by atoms with Crippen LogP contribution in [0.4, 0.5) is 5.69 Å². The van der Waals surface area contributed by atoms with Crippen molar-refractivity contribution >= 4 is 34.4 Å². The Kier molecular flexibility index (Phi) is 6.13. The molecule has 4 heteroatoms. The molecule has 25 heavy (non-hydrogen) atoms. The van der Waals surface area contributed by atoms with Gasteiger partial charge in [-0.1, -0.05) is 31.4 Å². The molecule has 0 radical (unpaired) electrons. The van der Waals surface area contributed by atoms with Crippen molar-refractivity contribution in [2.24, 2.45) is 0 Å². The standard InChI is InChI=1S/C21H28N2S2/c1-15-12-16(2)14-18(13-15)22-21(24)23(19-8-5-4-6-9-19)17(3)20-10-7-11-25-20/h7,10-14,17,19H,4-6,8-9H2,1-3H3,(H,22,24). The largest absolute Gasteiger partial charge is 0.338 e. The van der Waals surface area contributed by atoms with E-state index in [1.165, 1.54) is 48.1 Å². The molecule has 1 atom stereocenters. The zero-order valence-corrected chi connectivity index (χ0v) is 17.1. The van der Waals surface area contributed by atoms with Gasteiger partial charge >= 0.3 is 0 Å². The van der Waals surface area contributed by atoms with E-state index >= 15 is 0 Å². The number of hydrogen-bond donors (Lipinski definition) is 1. The summed E-state index contributed by atoms with van der Waals surface area (Å²) < 4.78 is 0. The second-order valence-corrected chi connectivity index (χ2v) is 8.56. The number of benzene rings is 1. The van der Waals surface area contributed by atoms with Crippen LogP contribution >= 0.6 is 23.6 Å². The molecule has 0 aliphatic heterocycles. The maximum absolute atomic E-state index is 5.89. The molecule has 2 nitrogen and oxygen atoms in total. The summed E-state index contributed by atoms with van der Waals surface area (Å²) in [5.74, 6) is 0. The number of thiophene rings is 1. The average molecular weight is 373 g/mol. The molecule has 134 valence electrons. The highest BCUT2D eigenvalue weighted by Crippen LogP contribution is 2.33. The molecule has 1 aliphatic carbocycles. The molecule has 1 aromatic heterocycles. The second kappa shape index (κ2) is 8.33. The molecule has 0 saturated heterocycles. The number of anilines is 1. The minimum absolute atomic E-state index is 0.314. The third-order valence-corrected chi connectivity index (χ3v) is 6.40. The van der Waals surface area contributed by atoms with E-state index in [4.69, 9.17) is 12.2 Å². The number of nitrogens with zero attached hydrogens (tertiary/aromatic N) is 1. The number of thiocarbonyl (C=S) groups is 1. The van der Waals surface area contributed by atoms with Gasteiger partial charge in [0.05, 0.1) is 6.04 Å². The number of hydrogen-bond acceptors (Lipinski definition) is 2. The first kappa shape index (κ1) is 18.4. The summed E-state index contributed by atoms with van der Waals surface area (Å²) in [7, 11) is 0. The van der Waals surface area contributed by atoms with Crippen molar-refractivity contribution in [3.05, 3.63) is 51.7 Å². The van der Waals surface area contributed by atoms with E-state index in [2.05, 4.69) is 66.7 Å². The van der Waals surface area contributed by atoms with Crippen molar-refractivity contribution in [1.29, 1.82) is 0 Å². The van der Waals surface area contributed by atoms with Crippen molar-refractivity contribution in [1.82, 2.24) is 4.90 Å². The number of aryl methyl sites for hydroxylation is 2. The Morgan fingerprint density at radius 3 is 2.44 bits per heavy atom. The van der Waals surface area contributed by atoms with Crippen molar-refractivity contribution in [2.45, 2.75) is 65.0 Å². The molecule has 3 rings (SSSR count). The Morgan fingerprint density at radius 2 is 1.84 bits per heavy atom. The highest BCUT2D eigenvalue weighted by molar-refractivity contribution is 7.80. The quantitative estimate of drug-likeness (QED) is 0.620. The first-order valence-electron chi connectivity index (χ1n) is 9.25. The summed E-state index contributed by atoms with van der Waals surface area (Å²) in [5.41, 5.74) is 3.63. The monoisotopic (exact) mass is 372 g/mol. The second-order valence-electron chi connectivity index (χ2n) is 7.20. The van der Waals surface area contributed by atoms with Gasteiger partial charge < -0.3 is 10.2 Å². The summed E-state index contributed by atoms with van der Waals surface area (Å²) in [6.07, 6.45) is 6.46. The number of nitrogens with one attached hydrogen (secondary N) is 1. The predicted octanol–water partition coefficient (Wildman–Crippen LogP) is 6.46. The van der Waals surface area contributed by atoms with Crippen molar-refractivity contribution in [3.63, 3.8) is 0 Å². The molecule has 1 unspecified atom stereocenters. The van der Waals surface area contributed by atoms with E-state index in [1.54, 1.807) is 0 Å². The molecule has 1 saturated carbocycles. The van der Waals surface area contributed by atoms with E-state index in [9.17, 15) is 0 Å². The summed E-state index contributed by atoms with van der Waals surface area (Å²) in [6.45, 7) is 6.55. The van der Waals surface area contributed by atoms with Crippen LogP contribution in [0.2, 0.25) is 0 Å². The lowest BCUT2D eigenvalue weighted by Gasteiger charge is -2.40. The van der Waals surface area contributed by atoms with Crippen LogP contribution in [0.25, 0.3) is 0 Å². The number of rotatable bonds is 4. The molecule has 1 aromatic carbocycles. The highest BCUT2D eigenvalue weighted by atomic mass is 32.1. The minimum Gasteiger partial charge on any atom is -0.338 e. The van der Waals surface area contributed by atoms with Crippen LogP contribution in [0, 0.1) is 13.8 Å². The SMILES string of the molecule is Cc1cc(C)cc(NC(=S)N(C2CCCCC2)C(C)c2cccs2)c1. The lowest BCUT2D eigenvalue weighted by atomic mass is 9.93. The summed E-state index contributed by atoms with van der Waals surface area (Å²) in [4.78, 5) is 3.84. The molecule has 2 aromatic rings. The summed E-state index contributed by atoms with van der Waals surface area (Å²) in [5, 5.41) is 6.54. The van der Waals surface area contributed by atoms with Gasteiger partial charge in [0.2, 0.25) is 0 Å². The van der Waals surface area contributed by atoms with Gasteiger partial charge in [-0.2, -0.15) is 0 Å². The molecular weight excluding hydrogens is 344 g/mol. The molecule has 1 aliphatic rings. The molecular formula is C21H28N2S2. The lowest BCUT2D eigenvalue weighted by Crippen LogP contribution is -2.45. The molecule has 0 spiro atoms. The molecule has 1 heterocycles. The normalized spacial score (nSPS) is 16.4.